The minimum Gasteiger partial charge on any atom is -0.369 e. The molecule has 3 nitrogen and oxygen atoms in total. The van der Waals surface area contributed by atoms with E-state index in [4.69, 9.17) is 15.3 Å². The molecule has 0 aromatic rings. The van der Waals surface area contributed by atoms with Crippen LogP contribution < -0.4 is 0 Å². The van der Waals surface area contributed by atoms with Crippen molar-refractivity contribution in [2.24, 2.45) is 11.8 Å². The molecule has 1 heterocycles. The Morgan fingerprint density at radius 2 is 1.45 bits per heavy atom. The molecule has 1 aliphatic heterocycles. The molecule has 1 saturated heterocycles. The van der Waals surface area contributed by atoms with Gasteiger partial charge in [0, 0.05) is 0 Å². The van der Waals surface area contributed by atoms with E-state index in [0.29, 0.717) is 12.2 Å². The van der Waals surface area contributed by atoms with Crippen molar-refractivity contribution in [3.8, 4) is 12.1 Å². The fourth-order valence-electron chi connectivity index (χ4n) is 1.71. The van der Waals surface area contributed by atoms with Crippen LogP contribution in [0, 0.1) is 34.5 Å². The van der Waals surface area contributed by atoms with Gasteiger partial charge >= 0.3 is 0 Å². The highest BCUT2D eigenvalue weighted by atomic mass is 16.6. The predicted octanol–water partition coefficient (Wildman–Crippen LogP) is 0.827. The van der Waals surface area contributed by atoms with Crippen LogP contribution in [-0.4, -0.2) is 12.2 Å². The summed E-state index contributed by atoms with van der Waals surface area (Å²) in [5.74, 6) is -0.188. The van der Waals surface area contributed by atoms with E-state index in [2.05, 4.69) is 12.1 Å². The number of hydrogen-bond acceptors (Lipinski definition) is 3. The van der Waals surface area contributed by atoms with Gasteiger partial charge in [0.05, 0.1) is 36.2 Å². The van der Waals surface area contributed by atoms with Crippen LogP contribution in [0.25, 0.3) is 0 Å². The molecule has 56 valence electrons. The summed E-state index contributed by atoms with van der Waals surface area (Å²) < 4.78 is 5.24. The highest BCUT2D eigenvalue weighted by molar-refractivity contribution is 5.08. The minimum absolute atomic E-state index is 0.0938. The Balaban J connectivity index is 2.08. The topological polar surface area (TPSA) is 60.1 Å². The molecule has 11 heavy (non-hydrogen) atoms. The average Bonchev–Trinajstić information content (AvgIpc) is 2.79. The fourth-order valence-corrected chi connectivity index (χ4v) is 1.71. The van der Waals surface area contributed by atoms with Crippen LogP contribution in [0.5, 0.6) is 0 Å². The molecule has 2 fully saturated rings. The summed E-state index contributed by atoms with van der Waals surface area (Å²) in [6.07, 6.45) is 2.12. The zero-order valence-electron chi connectivity index (χ0n) is 6.03. The predicted molar refractivity (Wildman–Crippen MR) is 36.1 cm³/mol. The summed E-state index contributed by atoms with van der Waals surface area (Å²) >= 11 is 0. The van der Waals surface area contributed by atoms with Crippen LogP contribution in [-0.2, 0) is 4.74 Å². The van der Waals surface area contributed by atoms with Crippen LogP contribution in [0.4, 0.5) is 0 Å². The third-order valence-electron chi connectivity index (χ3n) is 2.48. The van der Waals surface area contributed by atoms with Gasteiger partial charge in [0.15, 0.2) is 0 Å². The van der Waals surface area contributed by atoms with Crippen molar-refractivity contribution < 1.29 is 4.74 Å². The fraction of sp³-hybridized carbons (Fsp3) is 0.750. The molecular weight excluding hydrogens is 140 g/mol. The third kappa shape index (κ3) is 0.982. The molecule has 0 bridgehead atoms. The van der Waals surface area contributed by atoms with E-state index in [1.165, 1.54) is 0 Å². The Morgan fingerprint density at radius 1 is 1.00 bits per heavy atom. The molecule has 4 atom stereocenters. The monoisotopic (exact) mass is 148 g/mol. The van der Waals surface area contributed by atoms with Gasteiger partial charge in [-0.05, 0) is 12.8 Å². The smallest absolute Gasteiger partial charge is 0.0855 e. The highest BCUT2D eigenvalue weighted by Crippen LogP contribution is 2.42. The summed E-state index contributed by atoms with van der Waals surface area (Å²) in [6.45, 7) is 0. The van der Waals surface area contributed by atoms with E-state index in [-0.39, 0.29) is 11.8 Å². The molecule has 3 heteroatoms. The van der Waals surface area contributed by atoms with E-state index in [1.807, 2.05) is 0 Å². The van der Waals surface area contributed by atoms with Crippen molar-refractivity contribution in [2.45, 2.75) is 25.0 Å². The maximum atomic E-state index is 8.67. The first-order valence-electron chi connectivity index (χ1n) is 3.80. The van der Waals surface area contributed by atoms with Crippen molar-refractivity contribution in [2.75, 3.05) is 0 Å². The Morgan fingerprint density at radius 3 is 1.82 bits per heavy atom. The van der Waals surface area contributed by atoms with Gasteiger partial charge in [0.1, 0.15) is 0 Å². The first-order chi connectivity index (χ1) is 5.35. The highest BCUT2D eigenvalue weighted by Gasteiger charge is 2.48. The van der Waals surface area contributed by atoms with E-state index in [0.717, 1.165) is 12.8 Å². The van der Waals surface area contributed by atoms with Crippen molar-refractivity contribution >= 4 is 0 Å². The summed E-state index contributed by atoms with van der Waals surface area (Å²) in [5, 5.41) is 17.3. The van der Waals surface area contributed by atoms with E-state index in [1.54, 1.807) is 0 Å². The van der Waals surface area contributed by atoms with Crippen molar-refractivity contribution in [1.29, 1.82) is 10.5 Å². The largest absolute Gasteiger partial charge is 0.369 e. The Bertz CT molecular complexity index is 224. The number of ether oxygens (including phenoxy) is 1. The lowest BCUT2D eigenvalue weighted by atomic mass is 9.81. The van der Waals surface area contributed by atoms with E-state index >= 15 is 0 Å². The Labute approximate surface area is 65.2 Å². The van der Waals surface area contributed by atoms with Crippen LogP contribution in [0.2, 0.25) is 0 Å². The first-order valence-corrected chi connectivity index (χ1v) is 3.80. The van der Waals surface area contributed by atoms with Gasteiger partial charge in [-0.1, -0.05) is 0 Å². The first kappa shape index (κ1) is 6.64. The maximum absolute atomic E-state index is 8.67. The van der Waals surface area contributed by atoms with Crippen molar-refractivity contribution in [1.82, 2.24) is 0 Å². The van der Waals surface area contributed by atoms with Gasteiger partial charge in [0.2, 0.25) is 0 Å². The molecule has 0 amide bonds. The third-order valence-corrected chi connectivity index (χ3v) is 2.48. The number of nitriles is 2. The lowest BCUT2D eigenvalue weighted by molar-refractivity contribution is 0.370. The maximum Gasteiger partial charge on any atom is 0.0855 e. The molecular formula is C8H8N2O. The molecule has 0 spiro atoms. The van der Waals surface area contributed by atoms with Gasteiger partial charge in [0.25, 0.3) is 0 Å². The molecule has 0 radical (unpaired) electrons. The second-order valence-electron chi connectivity index (χ2n) is 3.16. The minimum atomic E-state index is -0.0938. The Hall–Kier alpha value is -1.06. The molecule has 0 aromatic carbocycles. The average molecular weight is 148 g/mol. The van der Waals surface area contributed by atoms with Crippen LogP contribution >= 0.6 is 0 Å². The van der Waals surface area contributed by atoms with Crippen molar-refractivity contribution in [3.05, 3.63) is 0 Å². The second kappa shape index (κ2) is 2.22. The SMILES string of the molecule is N#C[C@@H]1C[C@@H]2O[C@H]2C[C@@H]1C#N. The molecule has 0 unspecified atom stereocenters. The molecule has 1 saturated carbocycles. The molecule has 0 aromatic heterocycles. The van der Waals surface area contributed by atoms with Gasteiger partial charge in [-0.2, -0.15) is 10.5 Å². The summed E-state index contributed by atoms with van der Waals surface area (Å²) in [7, 11) is 0. The molecule has 0 N–H and O–H groups in total. The van der Waals surface area contributed by atoms with Crippen LogP contribution in [0.3, 0.4) is 0 Å². The lowest BCUT2D eigenvalue weighted by Gasteiger charge is -2.16. The zero-order chi connectivity index (χ0) is 7.84. The summed E-state index contributed by atoms with van der Waals surface area (Å²) in [4.78, 5) is 0. The summed E-state index contributed by atoms with van der Waals surface area (Å²) in [6, 6.07) is 4.32. The van der Waals surface area contributed by atoms with Gasteiger partial charge in [-0.3, -0.25) is 0 Å². The standard InChI is InChI=1S/C8H8N2O/c9-3-5-1-7-8(11-7)2-6(5)4-10/h5-8H,1-2H2/t5-,6+,7-,8-/m0/s1. The number of rotatable bonds is 0. The Kier molecular flexibility index (Phi) is 1.34. The quantitative estimate of drug-likeness (QED) is 0.478. The number of fused-ring (bicyclic) bond motifs is 1. The molecule has 1 aliphatic carbocycles. The number of epoxide rings is 1. The lowest BCUT2D eigenvalue weighted by Crippen LogP contribution is -2.21. The van der Waals surface area contributed by atoms with Crippen LogP contribution in [0.15, 0.2) is 0 Å². The normalized spacial score (nSPS) is 46.7. The van der Waals surface area contributed by atoms with E-state index in [9.17, 15) is 0 Å². The number of hydrogen-bond donors (Lipinski definition) is 0. The molecule has 2 aliphatic rings. The second-order valence-corrected chi connectivity index (χ2v) is 3.16. The molecule has 2 rings (SSSR count). The van der Waals surface area contributed by atoms with Gasteiger partial charge in [-0.15, -0.1) is 0 Å². The van der Waals surface area contributed by atoms with Gasteiger partial charge in [-0.25, -0.2) is 0 Å². The van der Waals surface area contributed by atoms with E-state index < -0.39 is 0 Å². The van der Waals surface area contributed by atoms with Gasteiger partial charge < -0.3 is 4.74 Å². The van der Waals surface area contributed by atoms with Crippen molar-refractivity contribution in [3.63, 3.8) is 0 Å². The zero-order valence-corrected chi connectivity index (χ0v) is 6.03. The number of nitrogens with zero attached hydrogens (tertiary/aromatic N) is 2. The van der Waals surface area contributed by atoms with Crippen LogP contribution in [0.1, 0.15) is 12.8 Å². The summed E-state index contributed by atoms with van der Waals surface area (Å²) in [5.41, 5.74) is 0.